The zero-order valence-electron chi connectivity index (χ0n) is 10.4. The van der Waals surface area contributed by atoms with Crippen LogP contribution in [0.3, 0.4) is 0 Å². The van der Waals surface area contributed by atoms with Crippen LogP contribution in [0.25, 0.3) is 0 Å². The molecule has 94 valence electrons. The minimum Gasteiger partial charge on any atom is -0.497 e. The number of esters is 1. The number of hydrogen-bond acceptors (Lipinski definition) is 4. The maximum absolute atomic E-state index is 10.4. The van der Waals surface area contributed by atoms with Gasteiger partial charge in [0.15, 0.2) is 0 Å². The van der Waals surface area contributed by atoms with Crippen LogP contribution in [0, 0.1) is 6.92 Å². The van der Waals surface area contributed by atoms with E-state index in [9.17, 15) is 4.79 Å². The Morgan fingerprint density at radius 3 is 2.59 bits per heavy atom. The van der Waals surface area contributed by atoms with Gasteiger partial charge in [-0.05, 0) is 19.1 Å². The average molecular weight is 237 g/mol. The van der Waals surface area contributed by atoms with Crippen LogP contribution in [0.15, 0.2) is 24.3 Å². The summed E-state index contributed by atoms with van der Waals surface area (Å²) < 4.78 is 9.67. The lowest BCUT2D eigenvalue weighted by Crippen LogP contribution is -2.16. The van der Waals surface area contributed by atoms with Gasteiger partial charge < -0.3 is 14.8 Å². The van der Waals surface area contributed by atoms with Crippen LogP contribution >= 0.6 is 0 Å². The summed E-state index contributed by atoms with van der Waals surface area (Å²) in [4.78, 5) is 10.4. The zero-order chi connectivity index (χ0) is 12.5. The molecule has 0 saturated carbocycles. The Morgan fingerprint density at radius 2 is 1.94 bits per heavy atom. The molecule has 0 aliphatic carbocycles. The first-order valence-electron chi connectivity index (χ1n) is 5.69. The van der Waals surface area contributed by atoms with Gasteiger partial charge in [-0.15, -0.1) is 0 Å². The number of methoxy groups -OCH3 is 1. The molecule has 1 aliphatic rings. The number of nitrogens with one attached hydrogen (secondary N) is 1. The van der Waals surface area contributed by atoms with E-state index in [4.69, 9.17) is 9.47 Å². The topological polar surface area (TPSA) is 47.6 Å². The fourth-order valence-corrected chi connectivity index (χ4v) is 1.30. The summed E-state index contributed by atoms with van der Waals surface area (Å²) in [6.07, 6.45) is 0.514. The molecule has 4 heteroatoms. The molecule has 0 aromatic heterocycles. The smallest absolute Gasteiger partial charge is 0.307 e. The summed E-state index contributed by atoms with van der Waals surface area (Å²) in [5.74, 6) is 0.829. The summed E-state index contributed by atoms with van der Waals surface area (Å²) >= 11 is 0. The van der Waals surface area contributed by atoms with Gasteiger partial charge in [0, 0.05) is 13.1 Å². The minimum atomic E-state index is -0.0880. The van der Waals surface area contributed by atoms with Crippen molar-refractivity contribution in [2.45, 2.75) is 13.3 Å². The van der Waals surface area contributed by atoms with E-state index in [-0.39, 0.29) is 5.97 Å². The molecule has 0 amide bonds. The summed E-state index contributed by atoms with van der Waals surface area (Å²) in [6.45, 7) is 4.14. The molecule has 4 nitrogen and oxygen atoms in total. The van der Waals surface area contributed by atoms with Gasteiger partial charge in [0.2, 0.25) is 0 Å². The van der Waals surface area contributed by atoms with Gasteiger partial charge in [-0.1, -0.05) is 17.7 Å². The van der Waals surface area contributed by atoms with Crippen LogP contribution in [0.4, 0.5) is 0 Å². The van der Waals surface area contributed by atoms with Crippen LogP contribution in [0.5, 0.6) is 5.75 Å². The maximum Gasteiger partial charge on any atom is 0.307 e. The quantitative estimate of drug-likeness (QED) is 0.752. The second-order valence-electron chi connectivity index (χ2n) is 3.74. The normalized spacial score (nSPS) is 15.1. The first-order valence-corrected chi connectivity index (χ1v) is 5.69. The molecule has 1 N–H and O–H groups in total. The van der Waals surface area contributed by atoms with E-state index < -0.39 is 0 Å². The number of carbonyl (C=O) groups is 1. The fourth-order valence-electron chi connectivity index (χ4n) is 1.30. The van der Waals surface area contributed by atoms with E-state index in [0.717, 1.165) is 18.8 Å². The highest BCUT2D eigenvalue weighted by atomic mass is 16.5. The highest BCUT2D eigenvalue weighted by molar-refractivity contribution is 5.69. The van der Waals surface area contributed by atoms with E-state index in [1.165, 1.54) is 5.56 Å². The molecule has 0 spiro atoms. The number of ether oxygens (including phenoxy) is 2. The summed E-state index contributed by atoms with van der Waals surface area (Å²) in [5, 5.41) is 3.03. The van der Waals surface area contributed by atoms with Gasteiger partial charge >= 0.3 is 5.97 Å². The Balaban J connectivity index is 0.000000171. The molecular weight excluding hydrogens is 218 g/mol. The molecule has 1 fully saturated rings. The van der Waals surface area contributed by atoms with Crippen molar-refractivity contribution in [2.24, 2.45) is 0 Å². The number of aryl methyl sites for hydroxylation is 1. The van der Waals surface area contributed by atoms with Gasteiger partial charge in [0.25, 0.3) is 0 Å². The van der Waals surface area contributed by atoms with Gasteiger partial charge in [-0.2, -0.15) is 0 Å². The third-order valence-corrected chi connectivity index (χ3v) is 2.30. The largest absolute Gasteiger partial charge is 0.497 e. The van der Waals surface area contributed by atoms with E-state index in [1.807, 2.05) is 24.3 Å². The summed E-state index contributed by atoms with van der Waals surface area (Å²) in [7, 11) is 1.67. The van der Waals surface area contributed by atoms with Gasteiger partial charge in [0.05, 0.1) is 13.5 Å². The molecule has 17 heavy (non-hydrogen) atoms. The summed E-state index contributed by atoms with van der Waals surface area (Å²) in [6, 6.07) is 7.96. The molecule has 0 bridgehead atoms. The lowest BCUT2D eigenvalue weighted by molar-refractivity contribution is -0.142. The highest BCUT2D eigenvalue weighted by Crippen LogP contribution is 2.09. The van der Waals surface area contributed by atoms with Crippen molar-refractivity contribution in [3.05, 3.63) is 29.8 Å². The minimum absolute atomic E-state index is 0.0880. The fraction of sp³-hybridized carbons (Fsp3) is 0.462. The number of cyclic esters (lactones) is 1. The van der Waals surface area contributed by atoms with Crippen molar-refractivity contribution in [1.82, 2.24) is 5.32 Å². The van der Waals surface area contributed by atoms with Crippen molar-refractivity contribution in [3.63, 3.8) is 0 Å². The predicted octanol–water partition coefficient (Wildman–Crippen LogP) is 1.53. The number of hydrogen-bond donors (Lipinski definition) is 1. The zero-order valence-corrected chi connectivity index (χ0v) is 10.4. The monoisotopic (exact) mass is 237 g/mol. The van der Waals surface area contributed by atoms with Gasteiger partial charge in [0.1, 0.15) is 12.4 Å². The second-order valence-corrected chi connectivity index (χ2v) is 3.74. The van der Waals surface area contributed by atoms with E-state index in [2.05, 4.69) is 12.2 Å². The molecule has 1 aliphatic heterocycles. The van der Waals surface area contributed by atoms with Crippen molar-refractivity contribution in [3.8, 4) is 5.75 Å². The van der Waals surface area contributed by atoms with Crippen LogP contribution < -0.4 is 10.1 Å². The van der Waals surface area contributed by atoms with Gasteiger partial charge in [-0.25, -0.2) is 0 Å². The van der Waals surface area contributed by atoms with Crippen LogP contribution in [0.2, 0.25) is 0 Å². The number of benzene rings is 1. The molecule has 0 atom stereocenters. The van der Waals surface area contributed by atoms with E-state index in [1.54, 1.807) is 7.11 Å². The molecule has 1 aromatic rings. The predicted molar refractivity (Wildman–Crippen MR) is 66.2 cm³/mol. The molecule has 2 rings (SSSR count). The van der Waals surface area contributed by atoms with Crippen LogP contribution in [-0.2, 0) is 9.53 Å². The molecule has 0 radical (unpaired) electrons. The standard InChI is InChI=1S/C8H10O.C5H9NO2/c1-7-3-5-8(9-2)6-4-7;7-5-1-2-6-3-4-8-5/h3-6H,1-2H3;6H,1-4H2. The van der Waals surface area contributed by atoms with Gasteiger partial charge in [-0.3, -0.25) is 4.79 Å². The van der Waals surface area contributed by atoms with Crippen LogP contribution in [-0.4, -0.2) is 32.8 Å². The number of carbonyl (C=O) groups excluding carboxylic acids is 1. The average Bonchev–Trinajstić information content (AvgIpc) is 2.59. The second kappa shape index (κ2) is 7.68. The lowest BCUT2D eigenvalue weighted by Gasteiger charge is -1.97. The Morgan fingerprint density at radius 1 is 1.24 bits per heavy atom. The highest BCUT2D eigenvalue weighted by Gasteiger charge is 2.04. The molecule has 1 saturated heterocycles. The first kappa shape index (κ1) is 13.5. The number of rotatable bonds is 1. The van der Waals surface area contributed by atoms with Crippen molar-refractivity contribution in [2.75, 3.05) is 26.8 Å². The SMILES string of the molecule is COc1ccc(C)cc1.O=C1CCNCCO1. The van der Waals surface area contributed by atoms with E-state index >= 15 is 0 Å². The van der Waals surface area contributed by atoms with E-state index in [0.29, 0.717) is 13.0 Å². The Labute approximate surface area is 102 Å². The maximum atomic E-state index is 10.4. The molecule has 0 unspecified atom stereocenters. The third kappa shape index (κ3) is 5.92. The first-order chi connectivity index (χ1) is 8.22. The van der Waals surface area contributed by atoms with Crippen LogP contribution in [0.1, 0.15) is 12.0 Å². The Hall–Kier alpha value is -1.55. The lowest BCUT2D eigenvalue weighted by atomic mass is 10.2. The van der Waals surface area contributed by atoms with Crippen molar-refractivity contribution < 1.29 is 14.3 Å². The Kier molecular flexibility index (Phi) is 6.10. The summed E-state index contributed by atoms with van der Waals surface area (Å²) in [5.41, 5.74) is 1.26. The van der Waals surface area contributed by atoms with Crippen molar-refractivity contribution >= 4 is 5.97 Å². The molecule has 1 heterocycles. The Bertz CT molecular complexity index is 325. The van der Waals surface area contributed by atoms with Crippen molar-refractivity contribution in [1.29, 1.82) is 0 Å². The molecule has 1 aromatic carbocycles. The third-order valence-electron chi connectivity index (χ3n) is 2.30. The molecular formula is C13H19NO3.